The highest BCUT2D eigenvalue weighted by atomic mass is 16.6. The highest BCUT2D eigenvalue weighted by molar-refractivity contribution is 5.89. The van der Waals surface area contributed by atoms with Crippen LogP contribution >= 0.6 is 0 Å². The van der Waals surface area contributed by atoms with Gasteiger partial charge in [-0.05, 0) is 48.6 Å². The molecule has 1 atom stereocenters. The first-order valence-corrected chi connectivity index (χ1v) is 8.40. The Bertz CT molecular complexity index is 735. The van der Waals surface area contributed by atoms with Crippen LogP contribution in [-0.2, 0) is 4.74 Å². The van der Waals surface area contributed by atoms with Crippen LogP contribution in [0.25, 0.3) is 16.5 Å². The Balaban J connectivity index is 2.02. The number of fused-ring (bicyclic) bond motifs is 1. The molecule has 0 bridgehead atoms. The van der Waals surface area contributed by atoms with Crippen molar-refractivity contribution in [2.75, 3.05) is 6.61 Å². The van der Waals surface area contributed by atoms with E-state index in [0.29, 0.717) is 6.61 Å². The van der Waals surface area contributed by atoms with Crippen molar-refractivity contribution in [3.8, 4) is 0 Å². The Kier molecular flexibility index (Phi) is 4.65. The molecule has 3 heteroatoms. The number of nitrogens with zero attached hydrogens (tertiary/aromatic N) is 1. The first-order chi connectivity index (χ1) is 11.2. The lowest BCUT2D eigenvalue weighted by molar-refractivity contribution is 0.109. The molecule has 1 heterocycles. The van der Waals surface area contributed by atoms with E-state index in [-0.39, 0.29) is 12.1 Å². The van der Waals surface area contributed by atoms with E-state index in [0.717, 1.165) is 30.5 Å². The van der Waals surface area contributed by atoms with Gasteiger partial charge in [0.15, 0.2) is 0 Å². The fourth-order valence-electron chi connectivity index (χ4n) is 3.27. The molecule has 0 aromatic heterocycles. The van der Waals surface area contributed by atoms with Crippen molar-refractivity contribution in [3.05, 3.63) is 54.1 Å². The smallest absolute Gasteiger partial charge is 0.414 e. The number of hydrogen-bond acceptors (Lipinski definition) is 2. The number of carbonyl (C=O) groups is 1. The van der Waals surface area contributed by atoms with Gasteiger partial charge in [-0.2, -0.15) is 0 Å². The second kappa shape index (κ2) is 6.86. The van der Waals surface area contributed by atoms with Crippen LogP contribution in [0.15, 0.2) is 48.5 Å². The Morgan fingerprint density at radius 1 is 1.17 bits per heavy atom. The fraction of sp³-hybridized carbons (Fsp3) is 0.350. The molecule has 1 amide bonds. The lowest BCUT2D eigenvalue weighted by Gasteiger charge is -2.35. The van der Waals surface area contributed by atoms with Crippen LogP contribution in [0.1, 0.15) is 38.7 Å². The zero-order valence-electron chi connectivity index (χ0n) is 13.8. The van der Waals surface area contributed by atoms with Gasteiger partial charge in [-0.15, -0.1) is 0 Å². The van der Waals surface area contributed by atoms with Crippen molar-refractivity contribution in [2.45, 2.75) is 39.2 Å². The van der Waals surface area contributed by atoms with E-state index in [1.807, 2.05) is 24.0 Å². The third-order valence-corrected chi connectivity index (χ3v) is 4.44. The number of hydrogen-bond donors (Lipinski definition) is 0. The van der Waals surface area contributed by atoms with Gasteiger partial charge in [0, 0.05) is 6.04 Å². The van der Waals surface area contributed by atoms with E-state index in [4.69, 9.17) is 4.74 Å². The highest BCUT2D eigenvalue weighted by Gasteiger charge is 2.30. The Hall–Kier alpha value is -2.29. The van der Waals surface area contributed by atoms with Crippen molar-refractivity contribution >= 4 is 22.6 Å². The predicted octanol–water partition coefficient (Wildman–Crippen LogP) is 5.21. The fourth-order valence-corrected chi connectivity index (χ4v) is 3.27. The van der Waals surface area contributed by atoms with Gasteiger partial charge >= 0.3 is 6.09 Å². The topological polar surface area (TPSA) is 29.5 Å². The molecule has 1 aliphatic heterocycles. The number of allylic oxidation sites excluding steroid dienone is 1. The molecule has 1 aliphatic rings. The molecule has 2 aromatic rings. The molecule has 0 saturated carbocycles. The van der Waals surface area contributed by atoms with E-state index in [2.05, 4.69) is 43.3 Å². The molecular formula is C20H23NO2. The first kappa shape index (κ1) is 15.6. The SMILES string of the molecule is CCOC(=O)N1C(c2ccc3ccccc3c2)=CCCC1CC. The van der Waals surface area contributed by atoms with Gasteiger partial charge in [0.25, 0.3) is 0 Å². The van der Waals surface area contributed by atoms with Gasteiger partial charge in [-0.25, -0.2) is 4.79 Å². The first-order valence-electron chi connectivity index (χ1n) is 8.40. The third-order valence-electron chi connectivity index (χ3n) is 4.44. The van der Waals surface area contributed by atoms with Gasteiger partial charge < -0.3 is 4.74 Å². The van der Waals surface area contributed by atoms with Crippen molar-refractivity contribution in [3.63, 3.8) is 0 Å². The molecule has 1 unspecified atom stereocenters. The van der Waals surface area contributed by atoms with Crippen LogP contribution < -0.4 is 0 Å². The van der Waals surface area contributed by atoms with E-state index in [1.54, 1.807) is 0 Å². The molecule has 0 radical (unpaired) electrons. The molecule has 0 N–H and O–H groups in total. The van der Waals surface area contributed by atoms with Crippen LogP contribution in [-0.4, -0.2) is 23.6 Å². The van der Waals surface area contributed by atoms with Gasteiger partial charge in [0.05, 0.1) is 12.3 Å². The maximum Gasteiger partial charge on any atom is 0.414 e. The van der Waals surface area contributed by atoms with E-state index < -0.39 is 0 Å². The normalized spacial score (nSPS) is 17.9. The molecule has 0 spiro atoms. The summed E-state index contributed by atoms with van der Waals surface area (Å²) in [5.74, 6) is 0. The average molecular weight is 309 g/mol. The molecule has 2 aromatic carbocycles. The summed E-state index contributed by atoms with van der Waals surface area (Å²) < 4.78 is 5.30. The molecule has 3 rings (SSSR count). The van der Waals surface area contributed by atoms with Gasteiger partial charge in [0.2, 0.25) is 0 Å². The van der Waals surface area contributed by atoms with Crippen molar-refractivity contribution in [1.29, 1.82) is 0 Å². The Morgan fingerprint density at radius 3 is 2.70 bits per heavy atom. The van der Waals surface area contributed by atoms with E-state index >= 15 is 0 Å². The Morgan fingerprint density at radius 2 is 1.96 bits per heavy atom. The van der Waals surface area contributed by atoms with Crippen molar-refractivity contribution in [1.82, 2.24) is 4.90 Å². The van der Waals surface area contributed by atoms with Crippen LogP contribution in [0, 0.1) is 0 Å². The molecule has 0 fully saturated rings. The molecule has 0 aliphatic carbocycles. The second-order valence-electron chi connectivity index (χ2n) is 5.86. The average Bonchev–Trinajstić information content (AvgIpc) is 2.60. The summed E-state index contributed by atoms with van der Waals surface area (Å²) in [7, 11) is 0. The lowest BCUT2D eigenvalue weighted by atomic mass is 9.96. The monoisotopic (exact) mass is 309 g/mol. The number of ether oxygens (including phenoxy) is 1. The van der Waals surface area contributed by atoms with E-state index in [9.17, 15) is 4.79 Å². The summed E-state index contributed by atoms with van der Waals surface area (Å²) in [6, 6.07) is 14.9. The summed E-state index contributed by atoms with van der Waals surface area (Å²) >= 11 is 0. The quantitative estimate of drug-likeness (QED) is 0.778. The van der Waals surface area contributed by atoms with Gasteiger partial charge in [-0.3, -0.25) is 4.90 Å². The minimum Gasteiger partial charge on any atom is -0.449 e. The number of amides is 1. The van der Waals surface area contributed by atoms with Crippen molar-refractivity contribution < 1.29 is 9.53 Å². The van der Waals surface area contributed by atoms with Crippen LogP contribution in [0.4, 0.5) is 4.79 Å². The second-order valence-corrected chi connectivity index (χ2v) is 5.86. The lowest BCUT2D eigenvalue weighted by Crippen LogP contribution is -2.40. The molecule has 120 valence electrons. The Labute approximate surface area is 137 Å². The summed E-state index contributed by atoms with van der Waals surface area (Å²) in [5.41, 5.74) is 2.06. The van der Waals surface area contributed by atoms with Crippen LogP contribution in [0.2, 0.25) is 0 Å². The molecule has 0 saturated heterocycles. The number of rotatable bonds is 3. The summed E-state index contributed by atoms with van der Waals surface area (Å²) in [4.78, 5) is 14.3. The largest absolute Gasteiger partial charge is 0.449 e. The maximum atomic E-state index is 12.5. The standard InChI is InChI=1S/C20H23NO2/c1-3-18-10-7-11-19(21(18)20(22)23-4-2)17-13-12-15-8-5-6-9-16(15)14-17/h5-6,8-9,11-14,18H,3-4,7,10H2,1-2H3. The van der Waals surface area contributed by atoms with Gasteiger partial charge in [-0.1, -0.05) is 49.4 Å². The van der Waals surface area contributed by atoms with Crippen LogP contribution in [0.3, 0.4) is 0 Å². The summed E-state index contributed by atoms with van der Waals surface area (Å²) in [6.45, 7) is 4.37. The van der Waals surface area contributed by atoms with E-state index in [1.165, 1.54) is 10.8 Å². The zero-order chi connectivity index (χ0) is 16.2. The molecular weight excluding hydrogens is 286 g/mol. The maximum absolute atomic E-state index is 12.5. The number of carbonyl (C=O) groups excluding carboxylic acids is 1. The summed E-state index contributed by atoms with van der Waals surface area (Å²) in [5, 5.41) is 2.40. The number of benzene rings is 2. The molecule has 23 heavy (non-hydrogen) atoms. The van der Waals surface area contributed by atoms with Crippen molar-refractivity contribution in [2.24, 2.45) is 0 Å². The van der Waals surface area contributed by atoms with Crippen LogP contribution in [0.5, 0.6) is 0 Å². The predicted molar refractivity (Wildman–Crippen MR) is 94.1 cm³/mol. The summed E-state index contributed by atoms with van der Waals surface area (Å²) in [6.07, 6.45) is 4.85. The zero-order valence-corrected chi connectivity index (χ0v) is 13.8. The van der Waals surface area contributed by atoms with Gasteiger partial charge in [0.1, 0.15) is 0 Å². The minimum absolute atomic E-state index is 0.209. The minimum atomic E-state index is -0.238. The molecule has 3 nitrogen and oxygen atoms in total. The third kappa shape index (κ3) is 3.09. The highest BCUT2D eigenvalue weighted by Crippen LogP contribution is 2.32.